The van der Waals surface area contributed by atoms with Gasteiger partial charge in [-0.1, -0.05) is 18.9 Å². The van der Waals surface area contributed by atoms with Crippen molar-refractivity contribution in [3.05, 3.63) is 5.89 Å². The summed E-state index contributed by atoms with van der Waals surface area (Å²) in [5, 5.41) is 19.3. The van der Waals surface area contributed by atoms with Crippen molar-refractivity contribution in [3.8, 4) is 0 Å². The number of carbonyl (C=O) groups is 1. The zero-order chi connectivity index (χ0) is 14.4. The molecule has 1 unspecified atom stereocenters. The summed E-state index contributed by atoms with van der Waals surface area (Å²) in [5.74, 6) is 0.414. The van der Waals surface area contributed by atoms with Gasteiger partial charge in [-0.3, -0.25) is 15.0 Å². The zero-order valence-electron chi connectivity index (χ0n) is 11.9. The van der Waals surface area contributed by atoms with Gasteiger partial charge in [0.2, 0.25) is 11.8 Å². The van der Waals surface area contributed by atoms with E-state index in [4.69, 9.17) is 9.52 Å². The van der Waals surface area contributed by atoms with Gasteiger partial charge in [0.15, 0.2) is 0 Å². The standard InChI is InChI=1S/C12H22N4O3/c1-8(2)11-14-15-12(19-11)13-10(18)7-16(4)6-5-9(3)17/h8-9,17H,5-7H2,1-4H3,(H,13,15,18). The number of aliphatic hydroxyl groups excluding tert-OH is 1. The van der Waals surface area contributed by atoms with Crippen LogP contribution in [0.5, 0.6) is 0 Å². The minimum Gasteiger partial charge on any atom is -0.408 e. The average molecular weight is 270 g/mol. The van der Waals surface area contributed by atoms with Crippen molar-refractivity contribution in [2.75, 3.05) is 25.5 Å². The molecule has 0 aliphatic rings. The molecule has 0 aliphatic carbocycles. The van der Waals surface area contributed by atoms with Gasteiger partial charge in [0.05, 0.1) is 12.6 Å². The summed E-state index contributed by atoms with van der Waals surface area (Å²) in [6.07, 6.45) is 0.261. The van der Waals surface area contributed by atoms with Crippen LogP contribution in [-0.4, -0.2) is 52.4 Å². The van der Waals surface area contributed by atoms with Gasteiger partial charge in [0.25, 0.3) is 0 Å². The van der Waals surface area contributed by atoms with Crippen LogP contribution >= 0.6 is 0 Å². The molecule has 1 heterocycles. The minimum absolute atomic E-state index is 0.123. The molecular weight excluding hydrogens is 248 g/mol. The first kappa shape index (κ1) is 15.6. The van der Waals surface area contributed by atoms with Crippen molar-refractivity contribution in [2.24, 2.45) is 0 Å². The van der Waals surface area contributed by atoms with E-state index in [9.17, 15) is 4.79 Å². The molecule has 0 saturated carbocycles. The lowest BCUT2D eigenvalue weighted by Crippen LogP contribution is -2.32. The SMILES string of the molecule is CC(O)CCN(C)CC(=O)Nc1nnc(C(C)C)o1. The molecule has 7 heteroatoms. The van der Waals surface area contributed by atoms with Crippen molar-refractivity contribution in [1.29, 1.82) is 0 Å². The van der Waals surface area contributed by atoms with Crippen LogP contribution in [0.4, 0.5) is 6.01 Å². The monoisotopic (exact) mass is 270 g/mol. The highest BCUT2D eigenvalue weighted by atomic mass is 16.4. The molecule has 0 bridgehead atoms. The summed E-state index contributed by atoms with van der Waals surface area (Å²) in [4.78, 5) is 13.5. The Hall–Kier alpha value is -1.47. The highest BCUT2D eigenvalue weighted by Crippen LogP contribution is 2.14. The molecule has 7 nitrogen and oxygen atoms in total. The maximum absolute atomic E-state index is 11.7. The quantitative estimate of drug-likeness (QED) is 0.762. The summed E-state index contributed by atoms with van der Waals surface area (Å²) in [6.45, 7) is 6.45. The second-order valence-electron chi connectivity index (χ2n) is 5.02. The maximum Gasteiger partial charge on any atom is 0.322 e. The first-order chi connectivity index (χ1) is 8.88. The van der Waals surface area contributed by atoms with Crippen LogP contribution in [0, 0.1) is 0 Å². The predicted octanol–water partition coefficient (Wildman–Crippen LogP) is 0.834. The lowest BCUT2D eigenvalue weighted by molar-refractivity contribution is -0.117. The van der Waals surface area contributed by atoms with Gasteiger partial charge in [-0.05, 0) is 20.4 Å². The molecule has 1 atom stereocenters. The second kappa shape index (κ2) is 7.20. The summed E-state index contributed by atoms with van der Waals surface area (Å²) < 4.78 is 5.28. The van der Waals surface area contributed by atoms with E-state index in [0.29, 0.717) is 18.9 Å². The Balaban J connectivity index is 2.37. The van der Waals surface area contributed by atoms with Gasteiger partial charge in [-0.15, -0.1) is 5.10 Å². The number of nitrogens with zero attached hydrogens (tertiary/aromatic N) is 3. The van der Waals surface area contributed by atoms with Crippen molar-refractivity contribution in [3.63, 3.8) is 0 Å². The highest BCUT2D eigenvalue weighted by Gasteiger charge is 2.13. The third-order valence-corrected chi connectivity index (χ3v) is 2.52. The van der Waals surface area contributed by atoms with Crippen LogP contribution in [0.1, 0.15) is 39.0 Å². The Bertz CT molecular complexity index is 403. The Labute approximate surface area is 113 Å². The van der Waals surface area contributed by atoms with Gasteiger partial charge in [-0.2, -0.15) is 0 Å². The number of aliphatic hydroxyl groups is 1. The molecule has 0 aromatic carbocycles. The van der Waals surface area contributed by atoms with E-state index < -0.39 is 0 Å². The fourth-order valence-corrected chi connectivity index (χ4v) is 1.41. The van der Waals surface area contributed by atoms with Crippen LogP contribution in [0.2, 0.25) is 0 Å². The van der Waals surface area contributed by atoms with E-state index in [-0.39, 0.29) is 30.5 Å². The number of hydrogen-bond donors (Lipinski definition) is 2. The smallest absolute Gasteiger partial charge is 0.322 e. The number of rotatable bonds is 7. The van der Waals surface area contributed by atoms with Crippen LogP contribution in [0.3, 0.4) is 0 Å². The fourth-order valence-electron chi connectivity index (χ4n) is 1.41. The maximum atomic E-state index is 11.7. The topological polar surface area (TPSA) is 91.5 Å². The number of likely N-dealkylation sites (N-methyl/N-ethyl adjacent to an activating group) is 1. The number of nitrogens with one attached hydrogen (secondary N) is 1. The molecule has 0 aliphatic heterocycles. The zero-order valence-corrected chi connectivity index (χ0v) is 11.9. The van der Waals surface area contributed by atoms with Gasteiger partial charge >= 0.3 is 6.01 Å². The molecule has 0 fully saturated rings. The van der Waals surface area contributed by atoms with Crippen LogP contribution in [0.25, 0.3) is 0 Å². The molecular formula is C12H22N4O3. The Kier molecular flexibility index (Phi) is 5.91. The number of hydrogen-bond acceptors (Lipinski definition) is 6. The normalized spacial score (nSPS) is 13.0. The molecule has 1 amide bonds. The number of amides is 1. The Morgan fingerprint density at radius 1 is 1.42 bits per heavy atom. The van der Waals surface area contributed by atoms with E-state index in [1.54, 1.807) is 6.92 Å². The van der Waals surface area contributed by atoms with Crippen molar-refractivity contribution >= 4 is 11.9 Å². The van der Waals surface area contributed by atoms with Gasteiger partial charge in [-0.25, -0.2) is 0 Å². The van der Waals surface area contributed by atoms with Crippen molar-refractivity contribution in [2.45, 2.75) is 39.2 Å². The van der Waals surface area contributed by atoms with Gasteiger partial charge in [0.1, 0.15) is 0 Å². The molecule has 0 saturated heterocycles. The molecule has 1 rings (SSSR count). The number of carbonyl (C=O) groups excluding carboxylic acids is 1. The fraction of sp³-hybridized carbons (Fsp3) is 0.750. The third kappa shape index (κ3) is 5.80. The van der Waals surface area contributed by atoms with E-state index in [2.05, 4.69) is 15.5 Å². The third-order valence-electron chi connectivity index (χ3n) is 2.52. The summed E-state index contributed by atoms with van der Waals surface area (Å²) in [6, 6.07) is 0.123. The van der Waals surface area contributed by atoms with Crippen LogP contribution in [0.15, 0.2) is 4.42 Å². The van der Waals surface area contributed by atoms with E-state index in [0.717, 1.165) is 0 Å². The Morgan fingerprint density at radius 2 is 2.11 bits per heavy atom. The van der Waals surface area contributed by atoms with Crippen LogP contribution < -0.4 is 5.32 Å². The summed E-state index contributed by atoms with van der Waals surface area (Å²) in [7, 11) is 1.81. The molecule has 1 aromatic rings. The van der Waals surface area contributed by atoms with Crippen LogP contribution in [-0.2, 0) is 4.79 Å². The van der Waals surface area contributed by atoms with Crippen molar-refractivity contribution < 1.29 is 14.3 Å². The molecule has 2 N–H and O–H groups in total. The predicted molar refractivity (Wildman–Crippen MR) is 70.8 cm³/mol. The summed E-state index contributed by atoms with van der Waals surface area (Å²) >= 11 is 0. The number of aromatic nitrogens is 2. The lowest BCUT2D eigenvalue weighted by atomic mass is 10.2. The first-order valence-electron chi connectivity index (χ1n) is 6.38. The molecule has 19 heavy (non-hydrogen) atoms. The van der Waals surface area contributed by atoms with E-state index in [1.807, 2.05) is 25.8 Å². The van der Waals surface area contributed by atoms with Gasteiger partial charge in [0, 0.05) is 12.5 Å². The average Bonchev–Trinajstić information content (AvgIpc) is 2.74. The molecule has 0 radical (unpaired) electrons. The van der Waals surface area contributed by atoms with Gasteiger partial charge < -0.3 is 9.52 Å². The number of anilines is 1. The lowest BCUT2D eigenvalue weighted by Gasteiger charge is -2.16. The van der Waals surface area contributed by atoms with E-state index in [1.165, 1.54) is 0 Å². The Morgan fingerprint density at radius 3 is 2.63 bits per heavy atom. The largest absolute Gasteiger partial charge is 0.408 e. The first-order valence-corrected chi connectivity index (χ1v) is 6.38. The van der Waals surface area contributed by atoms with Crippen molar-refractivity contribution in [1.82, 2.24) is 15.1 Å². The molecule has 1 aromatic heterocycles. The summed E-state index contributed by atoms with van der Waals surface area (Å²) in [5.41, 5.74) is 0. The minimum atomic E-state index is -0.366. The molecule has 0 spiro atoms. The highest BCUT2D eigenvalue weighted by molar-refractivity contribution is 5.90. The van der Waals surface area contributed by atoms with E-state index >= 15 is 0 Å². The second-order valence-corrected chi connectivity index (χ2v) is 5.02. The molecule has 108 valence electrons.